The minimum absolute atomic E-state index is 0.127. The van der Waals surface area contributed by atoms with Gasteiger partial charge in [-0.05, 0) is 38.1 Å². The lowest BCUT2D eigenvalue weighted by Crippen LogP contribution is -2.55. The van der Waals surface area contributed by atoms with Crippen molar-refractivity contribution in [2.75, 3.05) is 18.4 Å². The molecule has 1 amide bonds. The van der Waals surface area contributed by atoms with Gasteiger partial charge in [0.2, 0.25) is 15.9 Å². The molecule has 21 heavy (non-hydrogen) atoms. The predicted molar refractivity (Wildman–Crippen MR) is 81.6 cm³/mol. The summed E-state index contributed by atoms with van der Waals surface area (Å²) in [5.74, 6) is -0.185. The van der Waals surface area contributed by atoms with E-state index in [9.17, 15) is 13.2 Å². The summed E-state index contributed by atoms with van der Waals surface area (Å²) in [5.41, 5.74) is 0.587. The third kappa shape index (κ3) is 3.81. The van der Waals surface area contributed by atoms with E-state index in [2.05, 4.69) is 10.6 Å². The highest BCUT2D eigenvalue weighted by Crippen LogP contribution is 2.20. The second-order valence-electron chi connectivity index (χ2n) is 5.50. The van der Waals surface area contributed by atoms with E-state index in [1.807, 2.05) is 13.8 Å². The molecule has 0 aliphatic carbocycles. The fourth-order valence-corrected chi connectivity index (χ4v) is 4.15. The Hall–Kier alpha value is -1.44. The van der Waals surface area contributed by atoms with Crippen LogP contribution in [0.5, 0.6) is 0 Å². The number of carbonyl (C=O) groups is 1. The van der Waals surface area contributed by atoms with Crippen molar-refractivity contribution in [1.82, 2.24) is 9.62 Å². The molecule has 2 N–H and O–H groups in total. The summed E-state index contributed by atoms with van der Waals surface area (Å²) in [6, 6.07) is 6.51. The van der Waals surface area contributed by atoms with Crippen molar-refractivity contribution < 1.29 is 13.2 Å². The average Bonchev–Trinajstić information content (AvgIpc) is 2.37. The average molecular weight is 311 g/mol. The first kappa shape index (κ1) is 15.9. The van der Waals surface area contributed by atoms with Crippen LogP contribution in [0.1, 0.15) is 20.8 Å². The number of rotatable bonds is 3. The fourth-order valence-electron chi connectivity index (χ4n) is 2.54. The van der Waals surface area contributed by atoms with E-state index < -0.39 is 10.0 Å². The van der Waals surface area contributed by atoms with Gasteiger partial charge in [0.25, 0.3) is 0 Å². The largest absolute Gasteiger partial charge is 0.326 e. The number of benzene rings is 1. The third-order valence-electron chi connectivity index (χ3n) is 3.34. The van der Waals surface area contributed by atoms with Crippen LogP contribution in [0, 0.1) is 0 Å². The zero-order valence-electron chi connectivity index (χ0n) is 12.5. The molecule has 2 rings (SSSR count). The number of amides is 1. The van der Waals surface area contributed by atoms with Gasteiger partial charge in [-0.1, -0.05) is 0 Å². The van der Waals surface area contributed by atoms with Gasteiger partial charge in [0.1, 0.15) is 0 Å². The van der Waals surface area contributed by atoms with Crippen LogP contribution in [0.4, 0.5) is 5.69 Å². The minimum atomic E-state index is -3.49. The second kappa shape index (κ2) is 6.13. The Morgan fingerprint density at radius 3 is 2.19 bits per heavy atom. The molecule has 7 heteroatoms. The Bertz CT molecular complexity index is 603. The maximum atomic E-state index is 12.6. The van der Waals surface area contributed by atoms with Crippen molar-refractivity contribution in [2.24, 2.45) is 0 Å². The number of piperazine rings is 1. The van der Waals surface area contributed by atoms with E-state index in [0.29, 0.717) is 18.8 Å². The molecule has 116 valence electrons. The Kier molecular flexibility index (Phi) is 4.65. The first-order chi connectivity index (χ1) is 9.79. The molecule has 0 bridgehead atoms. The highest BCUT2D eigenvalue weighted by molar-refractivity contribution is 7.89. The maximum Gasteiger partial charge on any atom is 0.243 e. The molecule has 1 fully saturated rings. The van der Waals surface area contributed by atoms with Gasteiger partial charge in [-0.25, -0.2) is 8.42 Å². The Morgan fingerprint density at radius 1 is 1.19 bits per heavy atom. The van der Waals surface area contributed by atoms with Crippen LogP contribution in [0.25, 0.3) is 0 Å². The molecule has 1 aromatic rings. The number of carbonyl (C=O) groups excluding carboxylic acids is 1. The van der Waals surface area contributed by atoms with E-state index in [4.69, 9.17) is 0 Å². The number of hydrogen-bond donors (Lipinski definition) is 2. The van der Waals surface area contributed by atoms with Gasteiger partial charge < -0.3 is 10.6 Å². The Labute approximate surface area is 125 Å². The molecule has 1 heterocycles. The molecule has 6 nitrogen and oxygen atoms in total. The van der Waals surface area contributed by atoms with Crippen LogP contribution in [0.15, 0.2) is 29.2 Å². The highest BCUT2D eigenvalue weighted by atomic mass is 32.2. The van der Waals surface area contributed by atoms with Gasteiger partial charge >= 0.3 is 0 Å². The van der Waals surface area contributed by atoms with Gasteiger partial charge in [0, 0.05) is 37.8 Å². The van der Waals surface area contributed by atoms with Gasteiger partial charge in [0.05, 0.1) is 4.90 Å². The van der Waals surface area contributed by atoms with Gasteiger partial charge in [-0.3, -0.25) is 4.79 Å². The minimum Gasteiger partial charge on any atom is -0.326 e. The molecule has 0 radical (unpaired) electrons. The monoisotopic (exact) mass is 311 g/mol. The van der Waals surface area contributed by atoms with Crippen molar-refractivity contribution in [1.29, 1.82) is 0 Å². The predicted octanol–water partition coefficient (Wildman–Crippen LogP) is 1.02. The van der Waals surface area contributed by atoms with Crippen LogP contribution in [-0.2, 0) is 14.8 Å². The lowest BCUT2D eigenvalue weighted by molar-refractivity contribution is -0.114. The normalized spacial score (nSPS) is 23.8. The maximum absolute atomic E-state index is 12.6. The van der Waals surface area contributed by atoms with E-state index in [0.717, 1.165) is 0 Å². The quantitative estimate of drug-likeness (QED) is 0.873. The first-order valence-corrected chi connectivity index (χ1v) is 8.37. The number of nitrogens with zero attached hydrogens (tertiary/aromatic N) is 1. The van der Waals surface area contributed by atoms with E-state index in [1.54, 1.807) is 12.1 Å². The molecular formula is C14H21N3O3S. The lowest BCUT2D eigenvalue weighted by atomic mass is 10.2. The van der Waals surface area contributed by atoms with Gasteiger partial charge in [-0.2, -0.15) is 4.31 Å². The summed E-state index contributed by atoms with van der Waals surface area (Å²) in [6.45, 7) is 6.27. The summed E-state index contributed by atoms with van der Waals surface area (Å²) in [7, 11) is -3.49. The lowest BCUT2D eigenvalue weighted by Gasteiger charge is -2.35. The molecule has 1 saturated heterocycles. The zero-order chi connectivity index (χ0) is 15.6. The summed E-state index contributed by atoms with van der Waals surface area (Å²) in [4.78, 5) is 11.2. The second-order valence-corrected chi connectivity index (χ2v) is 7.43. The van der Waals surface area contributed by atoms with Crippen LogP contribution in [0.2, 0.25) is 0 Å². The highest BCUT2D eigenvalue weighted by Gasteiger charge is 2.31. The standard InChI is InChI=1S/C14H21N3O3S/c1-10-8-17(9-11(2)15-10)21(19,20)14-6-4-13(5-7-14)16-12(3)18/h4-7,10-11,15H,8-9H2,1-3H3,(H,16,18). The molecule has 2 unspecified atom stereocenters. The zero-order valence-corrected chi connectivity index (χ0v) is 13.3. The fraction of sp³-hybridized carbons (Fsp3) is 0.500. The molecule has 1 aliphatic rings. The van der Waals surface area contributed by atoms with Crippen molar-refractivity contribution in [2.45, 2.75) is 37.8 Å². The van der Waals surface area contributed by atoms with Crippen molar-refractivity contribution in [3.63, 3.8) is 0 Å². The molecule has 0 aromatic heterocycles. The van der Waals surface area contributed by atoms with Crippen LogP contribution >= 0.6 is 0 Å². The summed E-state index contributed by atoms with van der Waals surface area (Å²) < 4.78 is 26.8. The molecule has 0 spiro atoms. The summed E-state index contributed by atoms with van der Waals surface area (Å²) in [6.07, 6.45) is 0. The smallest absolute Gasteiger partial charge is 0.243 e. The molecule has 0 saturated carbocycles. The Morgan fingerprint density at radius 2 is 1.71 bits per heavy atom. The van der Waals surface area contributed by atoms with Gasteiger partial charge in [0.15, 0.2) is 0 Å². The van der Waals surface area contributed by atoms with Crippen molar-refractivity contribution >= 4 is 21.6 Å². The number of anilines is 1. The van der Waals surface area contributed by atoms with Crippen molar-refractivity contribution in [3.05, 3.63) is 24.3 Å². The molecule has 1 aromatic carbocycles. The van der Waals surface area contributed by atoms with Crippen LogP contribution < -0.4 is 10.6 Å². The SMILES string of the molecule is CC(=O)Nc1ccc(S(=O)(=O)N2CC(C)NC(C)C2)cc1. The molecule has 1 aliphatic heterocycles. The van der Waals surface area contributed by atoms with E-state index >= 15 is 0 Å². The topological polar surface area (TPSA) is 78.5 Å². The number of hydrogen-bond acceptors (Lipinski definition) is 4. The van der Waals surface area contributed by atoms with Gasteiger partial charge in [-0.15, -0.1) is 0 Å². The van der Waals surface area contributed by atoms with E-state index in [-0.39, 0.29) is 22.9 Å². The summed E-state index contributed by atoms with van der Waals surface area (Å²) in [5, 5.41) is 5.93. The number of nitrogens with one attached hydrogen (secondary N) is 2. The van der Waals surface area contributed by atoms with Crippen molar-refractivity contribution in [3.8, 4) is 0 Å². The van der Waals surface area contributed by atoms with Crippen LogP contribution in [-0.4, -0.2) is 43.8 Å². The molecular weight excluding hydrogens is 290 g/mol. The summed E-state index contributed by atoms with van der Waals surface area (Å²) >= 11 is 0. The van der Waals surface area contributed by atoms with Crippen LogP contribution in [0.3, 0.4) is 0 Å². The Balaban J connectivity index is 2.21. The first-order valence-electron chi connectivity index (χ1n) is 6.93. The van der Waals surface area contributed by atoms with E-state index in [1.165, 1.54) is 23.4 Å². The number of sulfonamides is 1. The third-order valence-corrected chi connectivity index (χ3v) is 5.18. The molecule has 2 atom stereocenters.